The fraction of sp³-hybridized carbons (Fsp3) is 0.273. The lowest BCUT2D eigenvalue weighted by Crippen LogP contribution is -2.36. The largest absolute Gasteiger partial charge is 0.349 e. The van der Waals surface area contributed by atoms with E-state index in [1.807, 2.05) is 6.07 Å². The Kier molecular flexibility index (Phi) is 5.48. The predicted octanol–water partition coefficient (Wildman–Crippen LogP) is 4.97. The molecule has 1 fully saturated rings. The first kappa shape index (κ1) is 18.7. The zero-order chi connectivity index (χ0) is 19.5. The summed E-state index contributed by atoms with van der Waals surface area (Å²) in [5.41, 5.74) is 1.51. The Morgan fingerprint density at radius 3 is 2.71 bits per heavy atom. The van der Waals surface area contributed by atoms with E-state index >= 15 is 0 Å². The van der Waals surface area contributed by atoms with Crippen molar-refractivity contribution in [3.8, 4) is 0 Å². The summed E-state index contributed by atoms with van der Waals surface area (Å²) in [6.07, 6.45) is 7.12. The van der Waals surface area contributed by atoms with Crippen LogP contribution in [0.3, 0.4) is 0 Å². The van der Waals surface area contributed by atoms with Gasteiger partial charge in [0.25, 0.3) is 11.8 Å². The summed E-state index contributed by atoms with van der Waals surface area (Å²) in [6, 6.07) is 11.9. The summed E-state index contributed by atoms with van der Waals surface area (Å²) in [7, 11) is 0. The molecule has 2 N–H and O–H groups in total. The van der Waals surface area contributed by atoms with Gasteiger partial charge in [-0.05, 0) is 43.2 Å². The summed E-state index contributed by atoms with van der Waals surface area (Å²) in [6.45, 7) is 0. The smallest absolute Gasteiger partial charge is 0.262 e. The number of benzene rings is 2. The van der Waals surface area contributed by atoms with Crippen LogP contribution < -0.4 is 10.6 Å². The number of nitrogens with one attached hydrogen (secondary N) is 2. The Morgan fingerprint density at radius 1 is 1.14 bits per heavy atom. The number of thioether (sulfide) groups is 1. The van der Waals surface area contributed by atoms with Crippen LogP contribution in [0.1, 0.15) is 48.0 Å². The van der Waals surface area contributed by atoms with Gasteiger partial charge in [-0.15, -0.1) is 0 Å². The second-order valence-corrected chi connectivity index (χ2v) is 8.19. The van der Waals surface area contributed by atoms with E-state index in [2.05, 4.69) is 10.6 Å². The first-order chi connectivity index (χ1) is 13.6. The summed E-state index contributed by atoms with van der Waals surface area (Å²) >= 11 is 1.28. The van der Waals surface area contributed by atoms with Gasteiger partial charge in [-0.1, -0.05) is 49.2 Å². The van der Waals surface area contributed by atoms with Crippen molar-refractivity contribution in [3.63, 3.8) is 0 Å². The molecular weight excluding hydrogens is 375 g/mol. The van der Waals surface area contributed by atoms with E-state index in [0.717, 1.165) is 30.6 Å². The third kappa shape index (κ3) is 4.12. The highest BCUT2D eigenvalue weighted by atomic mass is 32.2. The Balaban J connectivity index is 1.52. The molecule has 0 bridgehead atoms. The predicted molar refractivity (Wildman–Crippen MR) is 110 cm³/mol. The fourth-order valence-corrected chi connectivity index (χ4v) is 4.47. The van der Waals surface area contributed by atoms with Crippen molar-refractivity contribution in [1.29, 1.82) is 0 Å². The number of hydrogen-bond donors (Lipinski definition) is 2. The van der Waals surface area contributed by atoms with Crippen molar-refractivity contribution in [2.75, 3.05) is 5.32 Å². The molecule has 1 aliphatic carbocycles. The number of hydrogen-bond acceptors (Lipinski definition) is 3. The highest BCUT2D eigenvalue weighted by molar-refractivity contribution is 8.04. The Hall–Kier alpha value is -2.60. The molecule has 1 saturated carbocycles. The first-order valence-corrected chi connectivity index (χ1v) is 10.3. The van der Waals surface area contributed by atoms with Gasteiger partial charge >= 0.3 is 0 Å². The minimum atomic E-state index is -0.371. The second-order valence-electron chi connectivity index (χ2n) is 7.11. The molecule has 0 unspecified atom stereocenters. The van der Waals surface area contributed by atoms with Crippen LogP contribution in [0.4, 0.5) is 10.1 Å². The van der Waals surface area contributed by atoms with Crippen LogP contribution in [0.5, 0.6) is 0 Å². The highest BCUT2D eigenvalue weighted by Crippen LogP contribution is 2.39. The maximum absolute atomic E-state index is 13.9. The molecular formula is C22H21FN2O2S. The number of halogens is 1. The number of carbonyl (C=O) groups is 2. The summed E-state index contributed by atoms with van der Waals surface area (Å²) in [4.78, 5) is 26.2. The van der Waals surface area contributed by atoms with E-state index in [9.17, 15) is 14.0 Å². The molecule has 0 spiro atoms. The maximum atomic E-state index is 13.9. The standard InChI is InChI=1S/C22H21FN2O2S/c23-17-9-5-4-6-14(17)13-20-22(27)25-18-12-15(10-11-19(18)28-20)21(26)24-16-7-2-1-3-8-16/h4-6,9-13,16H,1-3,7-8H2,(H,24,26)(H,25,27). The van der Waals surface area contributed by atoms with Crippen molar-refractivity contribution in [1.82, 2.24) is 5.32 Å². The highest BCUT2D eigenvalue weighted by Gasteiger charge is 2.23. The van der Waals surface area contributed by atoms with Gasteiger partial charge in [-0.2, -0.15) is 0 Å². The molecule has 0 saturated heterocycles. The van der Waals surface area contributed by atoms with Gasteiger partial charge in [-0.25, -0.2) is 4.39 Å². The molecule has 28 heavy (non-hydrogen) atoms. The van der Waals surface area contributed by atoms with Crippen LogP contribution in [-0.4, -0.2) is 17.9 Å². The average molecular weight is 396 g/mol. The molecule has 0 aromatic heterocycles. The summed E-state index contributed by atoms with van der Waals surface area (Å²) in [5, 5.41) is 5.91. The normalized spacial score (nSPS) is 18.5. The zero-order valence-electron chi connectivity index (χ0n) is 15.3. The lowest BCUT2D eigenvalue weighted by molar-refractivity contribution is -0.112. The van der Waals surface area contributed by atoms with Gasteiger partial charge in [0.05, 0.1) is 10.6 Å². The Bertz CT molecular complexity index is 951. The van der Waals surface area contributed by atoms with Gasteiger partial charge in [0.1, 0.15) is 5.82 Å². The van der Waals surface area contributed by atoms with Crippen molar-refractivity contribution in [2.45, 2.75) is 43.0 Å². The molecule has 2 amide bonds. The second kappa shape index (κ2) is 8.19. The van der Waals surface area contributed by atoms with Gasteiger partial charge in [-0.3, -0.25) is 9.59 Å². The Labute approximate surface area is 167 Å². The average Bonchev–Trinajstić information content (AvgIpc) is 2.70. The number of carbonyl (C=O) groups excluding carboxylic acids is 2. The van der Waals surface area contributed by atoms with Crippen LogP contribution in [0.25, 0.3) is 6.08 Å². The third-order valence-corrected chi connectivity index (χ3v) is 6.16. The number of fused-ring (bicyclic) bond motifs is 1. The van der Waals surface area contributed by atoms with Gasteiger partial charge in [0.15, 0.2) is 0 Å². The molecule has 0 radical (unpaired) electrons. The van der Waals surface area contributed by atoms with Crippen molar-refractivity contribution >= 4 is 35.3 Å². The number of rotatable bonds is 3. The molecule has 2 aromatic rings. The summed E-state index contributed by atoms with van der Waals surface area (Å²) in [5.74, 6) is -0.781. The van der Waals surface area contributed by atoms with Crippen molar-refractivity contribution in [2.24, 2.45) is 0 Å². The van der Waals surface area contributed by atoms with E-state index in [-0.39, 0.29) is 23.7 Å². The molecule has 0 atom stereocenters. The first-order valence-electron chi connectivity index (χ1n) is 9.50. The van der Waals surface area contributed by atoms with Crippen LogP contribution >= 0.6 is 11.8 Å². The van der Waals surface area contributed by atoms with Gasteiger partial charge in [0, 0.05) is 22.1 Å². The van der Waals surface area contributed by atoms with E-state index in [1.54, 1.807) is 36.4 Å². The number of anilines is 1. The number of amides is 2. The minimum absolute atomic E-state index is 0.110. The molecule has 2 aromatic carbocycles. The quantitative estimate of drug-likeness (QED) is 0.720. The maximum Gasteiger partial charge on any atom is 0.262 e. The topological polar surface area (TPSA) is 58.2 Å². The molecule has 2 aliphatic rings. The fourth-order valence-electron chi connectivity index (χ4n) is 3.55. The lowest BCUT2D eigenvalue weighted by Gasteiger charge is -2.23. The van der Waals surface area contributed by atoms with Gasteiger partial charge < -0.3 is 10.6 Å². The SMILES string of the molecule is O=C1Nc2cc(C(=O)NC3CCCCC3)ccc2SC1=Cc1ccccc1F. The molecule has 4 nitrogen and oxygen atoms in total. The molecule has 144 valence electrons. The van der Waals surface area contributed by atoms with Crippen LogP contribution in [-0.2, 0) is 4.79 Å². The zero-order valence-corrected chi connectivity index (χ0v) is 16.2. The Morgan fingerprint density at radius 2 is 1.93 bits per heavy atom. The van der Waals surface area contributed by atoms with E-state index < -0.39 is 0 Å². The van der Waals surface area contributed by atoms with E-state index in [0.29, 0.717) is 21.7 Å². The van der Waals surface area contributed by atoms with E-state index in [1.165, 1.54) is 24.2 Å². The molecule has 1 heterocycles. The van der Waals surface area contributed by atoms with E-state index in [4.69, 9.17) is 0 Å². The van der Waals surface area contributed by atoms with Crippen LogP contribution in [0.2, 0.25) is 0 Å². The molecule has 1 aliphatic heterocycles. The van der Waals surface area contributed by atoms with Gasteiger partial charge in [0.2, 0.25) is 0 Å². The monoisotopic (exact) mass is 396 g/mol. The van der Waals surface area contributed by atoms with Crippen LogP contribution in [0.15, 0.2) is 52.3 Å². The minimum Gasteiger partial charge on any atom is -0.349 e. The molecule has 4 rings (SSSR count). The van der Waals surface area contributed by atoms with Crippen molar-refractivity contribution in [3.05, 3.63) is 64.3 Å². The third-order valence-electron chi connectivity index (χ3n) is 5.07. The van der Waals surface area contributed by atoms with Crippen LogP contribution in [0, 0.1) is 5.82 Å². The lowest BCUT2D eigenvalue weighted by atomic mass is 9.95. The molecule has 6 heteroatoms. The van der Waals surface area contributed by atoms with Crippen molar-refractivity contribution < 1.29 is 14.0 Å². The summed E-state index contributed by atoms with van der Waals surface area (Å²) < 4.78 is 13.9.